The fourth-order valence-electron chi connectivity index (χ4n) is 3.27. The van der Waals surface area contributed by atoms with E-state index in [1.54, 1.807) is 0 Å². The normalized spacial score (nSPS) is 17.1. The minimum Gasteiger partial charge on any atom is -0.492 e. The first-order valence-electron chi connectivity index (χ1n) is 8.67. The molecule has 1 aliphatic heterocycles. The van der Waals surface area contributed by atoms with E-state index in [1.807, 2.05) is 6.07 Å². The van der Waals surface area contributed by atoms with E-state index in [4.69, 9.17) is 10.5 Å². The van der Waals surface area contributed by atoms with Crippen LogP contribution >= 0.6 is 0 Å². The van der Waals surface area contributed by atoms with Gasteiger partial charge in [-0.25, -0.2) is 0 Å². The van der Waals surface area contributed by atoms with Crippen molar-refractivity contribution in [3.8, 4) is 5.75 Å². The van der Waals surface area contributed by atoms with Crippen molar-refractivity contribution in [1.29, 1.82) is 0 Å². The molecule has 0 spiro atoms. The summed E-state index contributed by atoms with van der Waals surface area (Å²) in [6.07, 6.45) is 2.66. The van der Waals surface area contributed by atoms with Crippen molar-refractivity contribution >= 4 is 0 Å². The van der Waals surface area contributed by atoms with Crippen LogP contribution in [-0.2, 0) is 0 Å². The summed E-state index contributed by atoms with van der Waals surface area (Å²) in [5, 5.41) is 0. The number of likely N-dealkylation sites (tertiary alicyclic amines) is 1. The summed E-state index contributed by atoms with van der Waals surface area (Å²) in [4.78, 5) is 4.87. The molecular formula is C18H31N3O. The molecule has 0 aromatic heterocycles. The number of nitrogens with zero attached hydrogens (tertiary/aromatic N) is 2. The Morgan fingerprint density at radius 2 is 1.95 bits per heavy atom. The molecule has 0 amide bonds. The number of benzene rings is 1. The topological polar surface area (TPSA) is 41.7 Å². The molecule has 124 valence electrons. The fourth-order valence-corrected chi connectivity index (χ4v) is 3.27. The minimum atomic E-state index is 0.275. The lowest BCUT2D eigenvalue weighted by Gasteiger charge is -2.29. The molecule has 1 atom stereocenters. The smallest absolute Gasteiger partial charge is 0.119 e. The van der Waals surface area contributed by atoms with Crippen LogP contribution in [0.4, 0.5) is 0 Å². The lowest BCUT2D eigenvalue weighted by molar-refractivity contribution is 0.221. The zero-order valence-corrected chi connectivity index (χ0v) is 14.1. The van der Waals surface area contributed by atoms with Crippen molar-refractivity contribution in [1.82, 2.24) is 9.80 Å². The summed E-state index contributed by atoms with van der Waals surface area (Å²) in [6, 6.07) is 8.70. The molecule has 1 aliphatic rings. The first kappa shape index (κ1) is 17.3. The molecule has 1 heterocycles. The number of ether oxygens (including phenoxy) is 1. The van der Waals surface area contributed by atoms with Crippen molar-refractivity contribution in [2.24, 2.45) is 5.73 Å². The highest BCUT2D eigenvalue weighted by Gasteiger charge is 2.16. The third-order valence-corrected chi connectivity index (χ3v) is 4.59. The Labute approximate surface area is 135 Å². The van der Waals surface area contributed by atoms with Crippen LogP contribution in [0.5, 0.6) is 5.75 Å². The van der Waals surface area contributed by atoms with Gasteiger partial charge in [-0.1, -0.05) is 26.0 Å². The third kappa shape index (κ3) is 4.70. The molecule has 1 saturated heterocycles. The summed E-state index contributed by atoms with van der Waals surface area (Å²) in [5.74, 6) is 0.960. The van der Waals surface area contributed by atoms with Crippen molar-refractivity contribution < 1.29 is 4.74 Å². The Bertz CT molecular complexity index is 428. The average molecular weight is 305 g/mol. The van der Waals surface area contributed by atoms with Gasteiger partial charge in [-0.3, -0.25) is 9.80 Å². The van der Waals surface area contributed by atoms with Gasteiger partial charge in [0.05, 0.1) is 0 Å². The van der Waals surface area contributed by atoms with Gasteiger partial charge in [-0.15, -0.1) is 0 Å². The van der Waals surface area contributed by atoms with Gasteiger partial charge >= 0.3 is 0 Å². The Balaban J connectivity index is 1.92. The van der Waals surface area contributed by atoms with Gasteiger partial charge in [0.25, 0.3) is 0 Å². The van der Waals surface area contributed by atoms with Gasteiger partial charge in [-0.05, 0) is 56.7 Å². The van der Waals surface area contributed by atoms with Gasteiger partial charge in [0.15, 0.2) is 0 Å². The molecular weight excluding hydrogens is 274 g/mol. The van der Waals surface area contributed by atoms with Gasteiger partial charge < -0.3 is 10.5 Å². The summed E-state index contributed by atoms with van der Waals surface area (Å²) in [6.45, 7) is 11.3. The zero-order valence-electron chi connectivity index (χ0n) is 14.1. The number of nitrogens with two attached hydrogens (primary N) is 1. The Kier molecular flexibility index (Phi) is 7.16. The number of hydrogen-bond acceptors (Lipinski definition) is 4. The number of likely N-dealkylation sites (N-methyl/N-ethyl adjacent to an activating group) is 1. The molecule has 0 saturated carbocycles. The Hall–Kier alpha value is -1.10. The van der Waals surface area contributed by atoms with E-state index in [0.717, 1.165) is 32.0 Å². The van der Waals surface area contributed by atoms with E-state index in [2.05, 4.69) is 41.8 Å². The van der Waals surface area contributed by atoms with Crippen LogP contribution in [0.3, 0.4) is 0 Å². The van der Waals surface area contributed by atoms with E-state index >= 15 is 0 Å². The maximum Gasteiger partial charge on any atom is 0.119 e. The van der Waals surface area contributed by atoms with Crippen LogP contribution in [0.15, 0.2) is 24.3 Å². The molecule has 1 aromatic carbocycles. The highest BCUT2D eigenvalue weighted by Crippen LogP contribution is 2.23. The second-order valence-corrected chi connectivity index (χ2v) is 5.94. The predicted octanol–water partition coefficient (Wildman–Crippen LogP) is 2.50. The molecule has 2 N–H and O–H groups in total. The van der Waals surface area contributed by atoms with Crippen LogP contribution in [-0.4, -0.2) is 55.7 Å². The standard InChI is InChI=1S/C18H31N3O/c1-3-21(4-2)18(15-19)16-8-7-9-17(14-16)22-13-12-20-10-5-6-11-20/h7-9,14,18H,3-6,10-13,15,19H2,1-2H3. The Morgan fingerprint density at radius 1 is 1.23 bits per heavy atom. The lowest BCUT2D eigenvalue weighted by atomic mass is 10.0. The molecule has 22 heavy (non-hydrogen) atoms. The van der Waals surface area contributed by atoms with Gasteiger partial charge in [0.1, 0.15) is 12.4 Å². The lowest BCUT2D eigenvalue weighted by Crippen LogP contribution is -2.33. The second-order valence-electron chi connectivity index (χ2n) is 5.94. The first-order valence-corrected chi connectivity index (χ1v) is 8.67. The minimum absolute atomic E-state index is 0.275. The quantitative estimate of drug-likeness (QED) is 0.761. The van der Waals surface area contributed by atoms with Gasteiger partial charge in [0.2, 0.25) is 0 Å². The van der Waals surface area contributed by atoms with Gasteiger partial charge in [-0.2, -0.15) is 0 Å². The van der Waals surface area contributed by atoms with Crippen molar-refractivity contribution in [3.05, 3.63) is 29.8 Å². The van der Waals surface area contributed by atoms with Crippen LogP contribution in [0.1, 0.15) is 38.3 Å². The highest BCUT2D eigenvalue weighted by atomic mass is 16.5. The van der Waals surface area contributed by atoms with Crippen molar-refractivity contribution in [3.63, 3.8) is 0 Å². The van der Waals surface area contributed by atoms with Gasteiger partial charge in [0, 0.05) is 19.1 Å². The molecule has 0 bridgehead atoms. The first-order chi connectivity index (χ1) is 10.8. The molecule has 4 nitrogen and oxygen atoms in total. The maximum absolute atomic E-state index is 6.00. The van der Waals surface area contributed by atoms with Crippen molar-refractivity contribution in [2.45, 2.75) is 32.7 Å². The van der Waals surface area contributed by atoms with E-state index in [9.17, 15) is 0 Å². The van der Waals surface area contributed by atoms with Crippen LogP contribution in [0.2, 0.25) is 0 Å². The molecule has 1 fully saturated rings. The van der Waals surface area contributed by atoms with E-state index < -0.39 is 0 Å². The van der Waals surface area contributed by atoms with E-state index in [0.29, 0.717) is 6.54 Å². The van der Waals surface area contributed by atoms with Crippen LogP contribution in [0.25, 0.3) is 0 Å². The second kappa shape index (κ2) is 9.13. The van der Waals surface area contributed by atoms with Crippen LogP contribution < -0.4 is 10.5 Å². The summed E-state index contributed by atoms with van der Waals surface area (Å²) in [5.41, 5.74) is 7.26. The highest BCUT2D eigenvalue weighted by molar-refractivity contribution is 5.31. The summed E-state index contributed by atoms with van der Waals surface area (Å²) >= 11 is 0. The van der Waals surface area contributed by atoms with Crippen molar-refractivity contribution in [2.75, 3.05) is 45.9 Å². The number of rotatable bonds is 9. The SMILES string of the molecule is CCN(CC)C(CN)c1cccc(OCCN2CCCC2)c1. The number of hydrogen-bond donors (Lipinski definition) is 1. The van der Waals surface area contributed by atoms with Crippen LogP contribution in [0, 0.1) is 0 Å². The molecule has 0 aliphatic carbocycles. The van der Waals surface area contributed by atoms with E-state index in [-0.39, 0.29) is 6.04 Å². The summed E-state index contributed by atoms with van der Waals surface area (Å²) in [7, 11) is 0. The average Bonchev–Trinajstić information content (AvgIpc) is 3.06. The fraction of sp³-hybridized carbons (Fsp3) is 0.667. The monoisotopic (exact) mass is 305 g/mol. The third-order valence-electron chi connectivity index (χ3n) is 4.59. The maximum atomic E-state index is 6.00. The largest absolute Gasteiger partial charge is 0.492 e. The van der Waals surface area contributed by atoms with E-state index in [1.165, 1.54) is 31.5 Å². The molecule has 0 radical (unpaired) electrons. The summed E-state index contributed by atoms with van der Waals surface area (Å²) < 4.78 is 5.95. The predicted molar refractivity (Wildman–Crippen MR) is 92.3 cm³/mol. The Morgan fingerprint density at radius 3 is 2.59 bits per heavy atom. The molecule has 2 rings (SSSR count). The zero-order chi connectivity index (χ0) is 15.8. The molecule has 1 aromatic rings. The molecule has 1 unspecified atom stereocenters. The molecule has 4 heteroatoms.